The summed E-state index contributed by atoms with van der Waals surface area (Å²) in [5.74, 6) is 6.24. The Kier molecular flexibility index (Phi) is 4.52. The minimum Gasteiger partial charge on any atom is -0.496 e. The largest absolute Gasteiger partial charge is 0.496 e. The molecule has 0 bridgehead atoms. The highest BCUT2D eigenvalue weighted by Gasteiger charge is 2.14. The fourth-order valence-corrected chi connectivity index (χ4v) is 2.89. The fraction of sp³-hybridized carbons (Fsp3) is 0.286. The Balaban J connectivity index is 2.18. The van der Waals surface area contributed by atoms with Crippen LogP contribution in [-0.2, 0) is 6.42 Å². The van der Waals surface area contributed by atoms with Gasteiger partial charge in [-0.1, -0.05) is 6.07 Å². The smallest absolute Gasteiger partial charge is 0.129 e. The number of hydrazine groups is 1. The Morgan fingerprint density at radius 2 is 2.21 bits per heavy atom. The number of halogens is 1. The van der Waals surface area contributed by atoms with Crippen molar-refractivity contribution in [3.8, 4) is 5.75 Å². The number of methoxy groups -OCH3 is 1. The second-order valence-corrected chi connectivity index (χ2v) is 5.33. The van der Waals surface area contributed by atoms with E-state index in [1.54, 1.807) is 24.5 Å². The molecule has 0 spiro atoms. The van der Waals surface area contributed by atoms with Crippen molar-refractivity contribution < 1.29 is 9.13 Å². The molecule has 0 saturated heterocycles. The molecule has 0 saturated carbocycles. The van der Waals surface area contributed by atoms with Crippen LogP contribution >= 0.6 is 11.3 Å². The van der Waals surface area contributed by atoms with E-state index in [1.165, 1.54) is 12.1 Å². The zero-order chi connectivity index (χ0) is 13.8. The minimum absolute atomic E-state index is 0.00180. The number of nitrogens with two attached hydrogens (primary N) is 1. The molecule has 0 amide bonds. The van der Waals surface area contributed by atoms with Gasteiger partial charge in [-0.05, 0) is 42.7 Å². The van der Waals surface area contributed by atoms with E-state index < -0.39 is 0 Å². The van der Waals surface area contributed by atoms with Gasteiger partial charge in [0.1, 0.15) is 11.6 Å². The van der Waals surface area contributed by atoms with Crippen molar-refractivity contribution >= 4 is 11.3 Å². The van der Waals surface area contributed by atoms with Gasteiger partial charge < -0.3 is 4.74 Å². The zero-order valence-electron chi connectivity index (χ0n) is 10.9. The van der Waals surface area contributed by atoms with Crippen LogP contribution in [0.15, 0.2) is 29.6 Å². The van der Waals surface area contributed by atoms with Gasteiger partial charge in [0, 0.05) is 10.3 Å². The van der Waals surface area contributed by atoms with Gasteiger partial charge in [0.05, 0.1) is 13.2 Å². The average molecular weight is 280 g/mol. The van der Waals surface area contributed by atoms with Gasteiger partial charge >= 0.3 is 0 Å². The van der Waals surface area contributed by atoms with Crippen molar-refractivity contribution in [2.75, 3.05) is 7.11 Å². The predicted octanol–water partition coefficient (Wildman–Crippen LogP) is 2.95. The molecule has 2 rings (SSSR count). The topological polar surface area (TPSA) is 47.3 Å². The molecular formula is C14H17FN2OS. The fourth-order valence-electron chi connectivity index (χ4n) is 1.97. The monoisotopic (exact) mass is 280 g/mol. The van der Waals surface area contributed by atoms with Crippen LogP contribution in [0.25, 0.3) is 0 Å². The first-order chi connectivity index (χ1) is 9.13. The SMILES string of the molecule is COc1csc(C(Cc2ccc(F)cc2C)NN)c1. The number of hydrogen-bond donors (Lipinski definition) is 2. The third kappa shape index (κ3) is 3.32. The zero-order valence-corrected chi connectivity index (χ0v) is 11.8. The maximum atomic E-state index is 13.1. The van der Waals surface area contributed by atoms with Crippen LogP contribution in [0.5, 0.6) is 5.75 Å². The van der Waals surface area contributed by atoms with E-state index in [9.17, 15) is 4.39 Å². The lowest BCUT2D eigenvalue weighted by atomic mass is 10.0. The Morgan fingerprint density at radius 1 is 1.42 bits per heavy atom. The predicted molar refractivity (Wildman–Crippen MR) is 75.8 cm³/mol. The Morgan fingerprint density at radius 3 is 2.79 bits per heavy atom. The molecule has 0 fully saturated rings. The molecule has 2 aromatic rings. The van der Waals surface area contributed by atoms with Crippen LogP contribution in [0, 0.1) is 12.7 Å². The summed E-state index contributed by atoms with van der Waals surface area (Å²) >= 11 is 1.59. The Hall–Kier alpha value is -1.43. The molecule has 1 atom stereocenters. The van der Waals surface area contributed by atoms with E-state index in [-0.39, 0.29) is 11.9 Å². The number of ether oxygens (including phenoxy) is 1. The van der Waals surface area contributed by atoms with Crippen molar-refractivity contribution in [3.05, 3.63) is 51.5 Å². The van der Waals surface area contributed by atoms with Crippen LogP contribution in [0.2, 0.25) is 0 Å². The summed E-state index contributed by atoms with van der Waals surface area (Å²) in [6.45, 7) is 1.90. The van der Waals surface area contributed by atoms with Crippen molar-refractivity contribution in [1.82, 2.24) is 5.43 Å². The maximum absolute atomic E-state index is 13.1. The molecule has 0 aliphatic rings. The van der Waals surface area contributed by atoms with Crippen LogP contribution in [-0.4, -0.2) is 7.11 Å². The van der Waals surface area contributed by atoms with E-state index in [0.717, 1.165) is 21.8 Å². The summed E-state index contributed by atoms with van der Waals surface area (Å²) in [5, 5.41) is 1.94. The highest BCUT2D eigenvalue weighted by molar-refractivity contribution is 7.10. The molecule has 0 aliphatic heterocycles. The van der Waals surface area contributed by atoms with Crippen molar-refractivity contribution in [1.29, 1.82) is 0 Å². The second-order valence-electron chi connectivity index (χ2n) is 4.38. The molecule has 0 radical (unpaired) electrons. The number of hydrogen-bond acceptors (Lipinski definition) is 4. The Bertz CT molecular complexity index is 556. The summed E-state index contributed by atoms with van der Waals surface area (Å²) in [4.78, 5) is 1.10. The highest BCUT2D eigenvalue weighted by Crippen LogP contribution is 2.29. The lowest BCUT2D eigenvalue weighted by Crippen LogP contribution is -2.29. The molecule has 1 heterocycles. The molecule has 102 valence electrons. The molecule has 3 N–H and O–H groups in total. The van der Waals surface area contributed by atoms with Gasteiger partial charge in [-0.15, -0.1) is 11.3 Å². The molecule has 1 unspecified atom stereocenters. The van der Waals surface area contributed by atoms with Gasteiger partial charge in [-0.25, -0.2) is 4.39 Å². The summed E-state index contributed by atoms with van der Waals surface area (Å²) in [6.07, 6.45) is 0.715. The lowest BCUT2D eigenvalue weighted by Gasteiger charge is -2.15. The molecule has 1 aromatic carbocycles. The Labute approximate surface area is 116 Å². The number of thiophene rings is 1. The number of benzene rings is 1. The molecule has 3 nitrogen and oxygen atoms in total. The number of nitrogens with one attached hydrogen (secondary N) is 1. The normalized spacial score (nSPS) is 12.4. The van der Waals surface area contributed by atoms with E-state index in [0.29, 0.717) is 6.42 Å². The van der Waals surface area contributed by atoms with Gasteiger partial charge in [-0.3, -0.25) is 11.3 Å². The van der Waals surface area contributed by atoms with E-state index in [2.05, 4.69) is 5.43 Å². The van der Waals surface area contributed by atoms with Gasteiger partial charge in [0.2, 0.25) is 0 Å². The molecular weight excluding hydrogens is 263 g/mol. The van der Waals surface area contributed by atoms with Gasteiger partial charge in [0.15, 0.2) is 0 Å². The third-order valence-electron chi connectivity index (χ3n) is 3.10. The molecule has 1 aromatic heterocycles. The first kappa shape index (κ1) is 14.0. The first-order valence-corrected chi connectivity index (χ1v) is 6.85. The quantitative estimate of drug-likeness (QED) is 0.654. The van der Waals surface area contributed by atoms with Crippen molar-refractivity contribution in [2.24, 2.45) is 5.84 Å². The van der Waals surface area contributed by atoms with E-state index >= 15 is 0 Å². The molecule has 19 heavy (non-hydrogen) atoms. The molecule has 5 heteroatoms. The number of aryl methyl sites for hydroxylation is 1. The van der Waals surface area contributed by atoms with Gasteiger partial charge in [0.25, 0.3) is 0 Å². The minimum atomic E-state index is -0.212. The highest BCUT2D eigenvalue weighted by atomic mass is 32.1. The van der Waals surface area contributed by atoms with Crippen molar-refractivity contribution in [2.45, 2.75) is 19.4 Å². The maximum Gasteiger partial charge on any atom is 0.129 e. The summed E-state index contributed by atoms with van der Waals surface area (Å²) < 4.78 is 18.3. The summed E-state index contributed by atoms with van der Waals surface area (Å²) in [5.41, 5.74) is 4.82. The standard InChI is InChI=1S/C14H17FN2OS/c1-9-5-11(15)4-3-10(9)6-13(17-16)14-7-12(18-2)8-19-14/h3-5,7-8,13,17H,6,16H2,1-2H3. The van der Waals surface area contributed by atoms with Crippen LogP contribution in [0.1, 0.15) is 22.0 Å². The lowest BCUT2D eigenvalue weighted by molar-refractivity contribution is 0.415. The van der Waals surface area contributed by atoms with Crippen LogP contribution in [0.3, 0.4) is 0 Å². The summed E-state index contributed by atoms with van der Waals surface area (Å²) in [7, 11) is 1.64. The number of rotatable bonds is 5. The second kappa shape index (κ2) is 6.14. The van der Waals surface area contributed by atoms with Crippen LogP contribution < -0.4 is 16.0 Å². The van der Waals surface area contributed by atoms with E-state index in [4.69, 9.17) is 10.6 Å². The summed E-state index contributed by atoms with van der Waals surface area (Å²) in [6, 6.07) is 6.79. The van der Waals surface area contributed by atoms with Crippen LogP contribution in [0.4, 0.5) is 4.39 Å². The third-order valence-corrected chi connectivity index (χ3v) is 4.13. The first-order valence-electron chi connectivity index (χ1n) is 5.97. The van der Waals surface area contributed by atoms with Gasteiger partial charge in [-0.2, -0.15) is 0 Å². The molecule has 0 aliphatic carbocycles. The van der Waals surface area contributed by atoms with E-state index in [1.807, 2.05) is 18.4 Å². The van der Waals surface area contributed by atoms with Crippen molar-refractivity contribution in [3.63, 3.8) is 0 Å². The average Bonchev–Trinajstić information content (AvgIpc) is 2.86.